The molecule has 9 nitrogen and oxygen atoms in total. The Balaban J connectivity index is 1.51. The van der Waals surface area contributed by atoms with Crippen molar-refractivity contribution in [2.75, 3.05) is 13.2 Å². The first kappa shape index (κ1) is 22.3. The van der Waals surface area contributed by atoms with E-state index in [-0.39, 0.29) is 18.1 Å². The molecule has 0 spiro atoms. The number of ether oxygens (including phenoxy) is 2. The molecule has 0 atom stereocenters. The summed E-state index contributed by atoms with van der Waals surface area (Å²) in [5.41, 5.74) is 2.74. The molecule has 0 aliphatic rings. The Labute approximate surface area is 180 Å². The van der Waals surface area contributed by atoms with Crippen molar-refractivity contribution in [1.82, 2.24) is 9.72 Å². The minimum absolute atomic E-state index is 0.00513. The lowest BCUT2D eigenvalue weighted by Gasteiger charge is -2.07. The Morgan fingerprint density at radius 3 is 2.48 bits per heavy atom. The van der Waals surface area contributed by atoms with E-state index in [0.29, 0.717) is 17.3 Å². The molecule has 3 aromatic rings. The number of nitrogens with two attached hydrogens (primary N) is 1. The first-order valence-electron chi connectivity index (χ1n) is 9.38. The molecule has 0 aliphatic carbocycles. The molecule has 31 heavy (non-hydrogen) atoms. The highest BCUT2D eigenvalue weighted by Gasteiger charge is 2.12. The molecule has 3 rings (SSSR count). The van der Waals surface area contributed by atoms with E-state index in [4.69, 9.17) is 19.1 Å². The van der Waals surface area contributed by atoms with E-state index < -0.39 is 16.0 Å². The maximum absolute atomic E-state index is 12.0. The summed E-state index contributed by atoms with van der Waals surface area (Å²) in [4.78, 5) is 12.0. The standard InChI is InChI=1S/C21H23N3O6S/c1-14-12-17(16(3)24(14)20-13-15(2)30-23-20)4-9-21(25)29-11-10-28-18-5-7-19(8-6-18)31(22,26)27/h4-9,12-13H,10-11H2,1-3H3,(H2,22,26,27)/b9-4+. The number of carbonyl (C=O) groups excluding carboxylic acids is 1. The van der Waals surface area contributed by atoms with Crippen LogP contribution in [0.2, 0.25) is 0 Å². The smallest absolute Gasteiger partial charge is 0.330 e. The van der Waals surface area contributed by atoms with Gasteiger partial charge in [0.2, 0.25) is 10.0 Å². The molecule has 0 aliphatic heterocycles. The van der Waals surface area contributed by atoms with Crippen LogP contribution in [0.4, 0.5) is 0 Å². The van der Waals surface area contributed by atoms with Crippen molar-refractivity contribution in [1.29, 1.82) is 0 Å². The molecule has 2 N–H and O–H groups in total. The fourth-order valence-corrected chi connectivity index (χ4v) is 3.52. The van der Waals surface area contributed by atoms with Crippen LogP contribution in [0.15, 0.2) is 51.9 Å². The van der Waals surface area contributed by atoms with Gasteiger partial charge in [-0.15, -0.1) is 0 Å². The third kappa shape index (κ3) is 5.62. The van der Waals surface area contributed by atoms with Gasteiger partial charge in [0.15, 0.2) is 5.82 Å². The molecule has 0 fully saturated rings. The Hall–Kier alpha value is -3.37. The molecule has 0 saturated carbocycles. The lowest BCUT2D eigenvalue weighted by molar-refractivity contribution is -0.138. The minimum atomic E-state index is -3.75. The summed E-state index contributed by atoms with van der Waals surface area (Å²) < 4.78 is 40.1. The van der Waals surface area contributed by atoms with Crippen molar-refractivity contribution in [3.63, 3.8) is 0 Å². The molecule has 0 unspecified atom stereocenters. The SMILES string of the molecule is Cc1cc(-n2c(C)cc(/C=C/C(=O)OCCOc3ccc(S(N)(=O)=O)cc3)c2C)no1. The fourth-order valence-electron chi connectivity index (χ4n) is 3.00. The Morgan fingerprint density at radius 2 is 1.87 bits per heavy atom. The molecule has 164 valence electrons. The van der Waals surface area contributed by atoms with E-state index >= 15 is 0 Å². The van der Waals surface area contributed by atoms with Crippen LogP contribution in [0.5, 0.6) is 5.75 Å². The molecule has 0 saturated heterocycles. The first-order chi connectivity index (χ1) is 14.6. The number of rotatable bonds is 8. The van der Waals surface area contributed by atoms with E-state index in [2.05, 4.69) is 5.16 Å². The molecular weight excluding hydrogens is 422 g/mol. The summed E-state index contributed by atoms with van der Waals surface area (Å²) in [6.45, 7) is 5.85. The van der Waals surface area contributed by atoms with Crippen molar-refractivity contribution >= 4 is 22.1 Å². The number of benzene rings is 1. The van der Waals surface area contributed by atoms with E-state index in [9.17, 15) is 13.2 Å². The number of primary sulfonamides is 1. The molecule has 2 aromatic heterocycles. The lowest BCUT2D eigenvalue weighted by Crippen LogP contribution is -2.12. The van der Waals surface area contributed by atoms with E-state index in [1.807, 2.05) is 37.5 Å². The van der Waals surface area contributed by atoms with Crippen molar-refractivity contribution < 1.29 is 27.2 Å². The van der Waals surface area contributed by atoms with Gasteiger partial charge in [-0.05, 0) is 62.7 Å². The average Bonchev–Trinajstić information content (AvgIpc) is 3.25. The third-order valence-electron chi connectivity index (χ3n) is 4.46. The van der Waals surface area contributed by atoms with Crippen molar-refractivity contribution in [3.8, 4) is 11.6 Å². The second-order valence-corrected chi connectivity index (χ2v) is 8.38. The van der Waals surface area contributed by atoms with Crippen LogP contribution < -0.4 is 9.88 Å². The van der Waals surface area contributed by atoms with Gasteiger partial charge < -0.3 is 14.0 Å². The van der Waals surface area contributed by atoms with Crippen LogP contribution in [0.25, 0.3) is 11.9 Å². The van der Waals surface area contributed by atoms with Gasteiger partial charge in [0, 0.05) is 23.5 Å². The van der Waals surface area contributed by atoms with Gasteiger partial charge in [0.25, 0.3) is 0 Å². The minimum Gasteiger partial charge on any atom is -0.490 e. The lowest BCUT2D eigenvalue weighted by atomic mass is 10.2. The van der Waals surface area contributed by atoms with E-state index in [0.717, 1.165) is 17.0 Å². The second-order valence-electron chi connectivity index (χ2n) is 6.82. The van der Waals surface area contributed by atoms with E-state index in [1.165, 1.54) is 30.3 Å². The van der Waals surface area contributed by atoms with Gasteiger partial charge in [0.05, 0.1) is 4.90 Å². The number of hydrogen-bond acceptors (Lipinski definition) is 7. The van der Waals surface area contributed by atoms with Crippen LogP contribution in [-0.4, -0.2) is 37.3 Å². The molecule has 0 radical (unpaired) electrons. The number of hydrogen-bond donors (Lipinski definition) is 1. The highest BCUT2D eigenvalue weighted by Crippen LogP contribution is 2.21. The monoisotopic (exact) mass is 445 g/mol. The zero-order valence-electron chi connectivity index (χ0n) is 17.4. The van der Waals surface area contributed by atoms with Crippen LogP contribution in [0.3, 0.4) is 0 Å². The normalized spacial score (nSPS) is 11.7. The zero-order chi connectivity index (χ0) is 22.6. The zero-order valence-corrected chi connectivity index (χ0v) is 18.2. The van der Waals surface area contributed by atoms with Crippen molar-refractivity contribution in [2.45, 2.75) is 25.7 Å². The maximum atomic E-state index is 12.0. The number of aryl methyl sites for hydroxylation is 2. The maximum Gasteiger partial charge on any atom is 0.330 e. The fraction of sp³-hybridized carbons (Fsp3) is 0.238. The summed E-state index contributed by atoms with van der Waals surface area (Å²) in [7, 11) is -3.75. The Kier molecular flexibility index (Phi) is 6.62. The molecule has 0 bridgehead atoms. The number of esters is 1. The summed E-state index contributed by atoms with van der Waals surface area (Å²) >= 11 is 0. The molecule has 2 heterocycles. The topological polar surface area (TPSA) is 127 Å². The number of carbonyl (C=O) groups is 1. The van der Waals surface area contributed by atoms with Gasteiger partial charge in [-0.25, -0.2) is 18.4 Å². The predicted octanol–water partition coefficient (Wildman–Crippen LogP) is 2.67. The Bertz CT molecular complexity index is 1210. The highest BCUT2D eigenvalue weighted by atomic mass is 32.2. The van der Waals surface area contributed by atoms with Crippen LogP contribution in [0, 0.1) is 20.8 Å². The van der Waals surface area contributed by atoms with Crippen LogP contribution in [0.1, 0.15) is 22.7 Å². The van der Waals surface area contributed by atoms with Crippen molar-refractivity contribution in [2.24, 2.45) is 5.14 Å². The van der Waals surface area contributed by atoms with Crippen LogP contribution in [-0.2, 0) is 19.6 Å². The highest BCUT2D eigenvalue weighted by molar-refractivity contribution is 7.89. The summed E-state index contributed by atoms with van der Waals surface area (Å²) in [5, 5.41) is 9.07. The number of nitrogens with zero attached hydrogens (tertiary/aromatic N) is 2. The molecule has 0 amide bonds. The summed E-state index contributed by atoms with van der Waals surface area (Å²) in [5.74, 6) is 1.33. The van der Waals surface area contributed by atoms with Gasteiger partial charge in [-0.3, -0.25) is 4.57 Å². The average molecular weight is 445 g/mol. The number of aromatic nitrogens is 2. The largest absolute Gasteiger partial charge is 0.490 e. The summed E-state index contributed by atoms with van der Waals surface area (Å²) in [6.07, 6.45) is 3.03. The quantitative estimate of drug-likeness (QED) is 0.321. The Morgan fingerprint density at radius 1 is 1.16 bits per heavy atom. The second kappa shape index (κ2) is 9.19. The first-order valence-corrected chi connectivity index (χ1v) is 10.9. The van der Waals surface area contributed by atoms with Gasteiger partial charge >= 0.3 is 5.97 Å². The summed E-state index contributed by atoms with van der Waals surface area (Å²) in [6, 6.07) is 9.43. The predicted molar refractivity (Wildman–Crippen MR) is 113 cm³/mol. The third-order valence-corrected chi connectivity index (χ3v) is 5.39. The molecule has 1 aromatic carbocycles. The van der Waals surface area contributed by atoms with Gasteiger partial charge in [-0.2, -0.15) is 0 Å². The van der Waals surface area contributed by atoms with Crippen molar-refractivity contribution in [3.05, 3.63) is 65.2 Å². The number of sulfonamides is 1. The van der Waals surface area contributed by atoms with Gasteiger partial charge in [0.1, 0.15) is 24.7 Å². The van der Waals surface area contributed by atoms with Gasteiger partial charge in [-0.1, -0.05) is 5.16 Å². The van der Waals surface area contributed by atoms with E-state index in [1.54, 1.807) is 6.08 Å². The molecule has 10 heteroatoms. The molecular formula is C21H23N3O6S. The van der Waals surface area contributed by atoms with Crippen LogP contribution >= 0.6 is 0 Å².